The van der Waals surface area contributed by atoms with Crippen LogP contribution < -0.4 is 10.2 Å². The largest absolute Gasteiger partial charge is 0.326 e. The highest BCUT2D eigenvalue weighted by molar-refractivity contribution is 7.89. The van der Waals surface area contributed by atoms with Crippen LogP contribution in [0.2, 0.25) is 0 Å². The van der Waals surface area contributed by atoms with Crippen molar-refractivity contribution in [3.63, 3.8) is 0 Å². The van der Waals surface area contributed by atoms with Gasteiger partial charge >= 0.3 is 0 Å². The number of fused-ring (bicyclic) bond motifs is 2. The molecule has 0 unspecified atom stereocenters. The Balaban J connectivity index is 1.52. The highest BCUT2D eigenvalue weighted by Gasteiger charge is 2.29. The fourth-order valence-electron chi connectivity index (χ4n) is 3.66. The predicted molar refractivity (Wildman–Crippen MR) is 106 cm³/mol. The fourth-order valence-corrected chi connectivity index (χ4v) is 4.83. The molecule has 0 fully saturated rings. The number of hydrogen-bond acceptors (Lipinski definition) is 4. The number of aryl methyl sites for hydroxylation is 1. The van der Waals surface area contributed by atoms with Gasteiger partial charge in [0.25, 0.3) is 0 Å². The summed E-state index contributed by atoms with van der Waals surface area (Å²) in [4.78, 5) is 26.0. The molecule has 28 heavy (non-hydrogen) atoms. The average molecular weight is 399 g/mol. The third kappa shape index (κ3) is 3.29. The molecule has 2 aliphatic heterocycles. The van der Waals surface area contributed by atoms with Gasteiger partial charge in [0.1, 0.15) is 0 Å². The number of hydrogen-bond donors (Lipinski definition) is 1. The number of benzene rings is 2. The molecular formula is C20H21N3O4S. The molecule has 0 saturated carbocycles. The van der Waals surface area contributed by atoms with E-state index in [9.17, 15) is 18.0 Å². The lowest BCUT2D eigenvalue weighted by atomic mass is 10.0. The van der Waals surface area contributed by atoms with E-state index in [1.165, 1.54) is 13.1 Å². The number of sulfonamides is 1. The molecule has 0 aliphatic carbocycles. The number of likely N-dealkylation sites (N-methyl/N-ethyl adjacent to an activating group) is 1. The normalized spacial score (nSPS) is 15.9. The van der Waals surface area contributed by atoms with Gasteiger partial charge in [-0.3, -0.25) is 9.59 Å². The van der Waals surface area contributed by atoms with Crippen molar-refractivity contribution in [3.05, 3.63) is 53.6 Å². The summed E-state index contributed by atoms with van der Waals surface area (Å²) in [7, 11) is -2.40. The molecule has 2 heterocycles. The Kier molecular flexibility index (Phi) is 4.68. The van der Waals surface area contributed by atoms with Gasteiger partial charge < -0.3 is 10.2 Å². The van der Waals surface area contributed by atoms with Crippen LogP contribution in [0.4, 0.5) is 11.4 Å². The molecule has 0 aromatic heterocycles. The molecule has 0 spiro atoms. The van der Waals surface area contributed by atoms with Crippen molar-refractivity contribution in [2.45, 2.75) is 24.2 Å². The zero-order chi connectivity index (χ0) is 19.9. The summed E-state index contributed by atoms with van der Waals surface area (Å²) in [5.74, 6) is -0.321. The highest BCUT2D eigenvalue weighted by Crippen LogP contribution is 2.29. The first-order chi connectivity index (χ1) is 13.4. The maximum Gasteiger partial charge on any atom is 0.243 e. The van der Waals surface area contributed by atoms with Crippen LogP contribution >= 0.6 is 0 Å². The first-order valence-corrected chi connectivity index (χ1v) is 10.6. The molecule has 0 saturated heterocycles. The van der Waals surface area contributed by atoms with Gasteiger partial charge in [-0.15, -0.1) is 0 Å². The van der Waals surface area contributed by atoms with Gasteiger partial charge in [-0.25, -0.2) is 8.42 Å². The molecule has 146 valence electrons. The molecule has 0 radical (unpaired) electrons. The average Bonchev–Trinajstić information content (AvgIpc) is 3.11. The second-order valence-electron chi connectivity index (χ2n) is 7.05. The summed E-state index contributed by atoms with van der Waals surface area (Å²) in [6, 6.07) is 12.3. The number of carbonyl (C=O) groups excluding carboxylic acids is 2. The lowest BCUT2D eigenvalue weighted by molar-refractivity contribution is -0.118. The molecule has 8 heteroatoms. The minimum absolute atomic E-state index is 0.0725. The molecule has 2 aliphatic rings. The maximum absolute atomic E-state index is 12.9. The fraction of sp³-hybridized carbons (Fsp3) is 0.300. The third-order valence-electron chi connectivity index (χ3n) is 5.23. The molecule has 2 aromatic carbocycles. The SMILES string of the molecule is CN(CC(=O)N1CCc2ccccc21)S(=O)(=O)c1ccc2c(c1)CCC(=O)N2. The van der Waals surface area contributed by atoms with E-state index < -0.39 is 10.0 Å². The summed E-state index contributed by atoms with van der Waals surface area (Å²) in [5, 5.41) is 2.74. The number of amides is 2. The van der Waals surface area contributed by atoms with Gasteiger partial charge in [0.15, 0.2) is 0 Å². The van der Waals surface area contributed by atoms with E-state index in [1.807, 2.05) is 24.3 Å². The Morgan fingerprint density at radius 2 is 1.89 bits per heavy atom. The molecule has 1 N–H and O–H groups in total. The maximum atomic E-state index is 12.9. The van der Waals surface area contributed by atoms with Crippen molar-refractivity contribution >= 4 is 33.2 Å². The van der Waals surface area contributed by atoms with Crippen LogP contribution in [0.25, 0.3) is 0 Å². The zero-order valence-corrected chi connectivity index (χ0v) is 16.3. The first kappa shape index (κ1) is 18.6. The molecule has 0 atom stereocenters. The standard InChI is InChI=1S/C20H21N3O4S/c1-22(13-20(25)23-11-10-14-4-2-3-5-18(14)23)28(26,27)16-7-8-17-15(12-16)6-9-19(24)21-17/h2-5,7-8,12H,6,9-11,13H2,1H3,(H,21,24). The minimum Gasteiger partial charge on any atom is -0.326 e. The number of nitrogens with one attached hydrogen (secondary N) is 1. The molecular weight excluding hydrogens is 378 g/mol. The van der Waals surface area contributed by atoms with Gasteiger partial charge in [-0.1, -0.05) is 18.2 Å². The van der Waals surface area contributed by atoms with E-state index in [4.69, 9.17) is 0 Å². The van der Waals surface area contributed by atoms with Crippen LogP contribution in [0.3, 0.4) is 0 Å². The highest BCUT2D eigenvalue weighted by atomic mass is 32.2. The Morgan fingerprint density at radius 3 is 2.71 bits per heavy atom. The van der Waals surface area contributed by atoms with Gasteiger partial charge in [0, 0.05) is 31.4 Å². The number of anilines is 2. The number of para-hydroxylation sites is 1. The zero-order valence-electron chi connectivity index (χ0n) is 15.5. The first-order valence-electron chi connectivity index (χ1n) is 9.13. The van der Waals surface area contributed by atoms with E-state index in [-0.39, 0.29) is 23.3 Å². The molecule has 2 aromatic rings. The third-order valence-corrected chi connectivity index (χ3v) is 7.03. The van der Waals surface area contributed by atoms with Crippen molar-refractivity contribution in [2.24, 2.45) is 0 Å². The lowest BCUT2D eigenvalue weighted by Crippen LogP contribution is -2.40. The van der Waals surface area contributed by atoms with Gasteiger partial charge in [0.2, 0.25) is 21.8 Å². The van der Waals surface area contributed by atoms with E-state index >= 15 is 0 Å². The van der Waals surface area contributed by atoms with Crippen LogP contribution in [0.15, 0.2) is 47.4 Å². The van der Waals surface area contributed by atoms with E-state index in [2.05, 4.69) is 5.32 Å². The van der Waals surface area contributed by atoms with Crippen molar-refractivity contribution in [2.75, 3.05) is 30.4 Å². The van der Waals surface area contributed by atoms with Crippen LogP contribution in [0.5, 0.6) is 0 Å². The van der Waals surface area contributed by atoms with Crippen LogP contribution in [-0.2, 0) is 32.5 Å². The summed E-state index contributed by atoms with van der Waals surface area (Å²) in [6.45, 7) is 0.328. The Hall–Kier alpha value is -2.71. The molecule has 2 amide bonds. The van der Waals surface area contributed by atoms with Gasteiger partial charge in [0.05, 0.1) is 11.4 Å². The molecule has 0 bridgehead atoms. The smallest absolute Gasteiger partial charge is 0.243 e. The number of nitrogens with zero attached hydrogens (tertiary/aromatic N) is 2. The van der Waals surface area contributed by atoms with Crippen molar-refractivity contribution in [1.29, 1.82) is 0 Å². The molecule has 4 rings (SSSR count). The monoisotopic (exact) mass is 399 g/mol. The second kappa shape index (κ2) is 7.03. The predicted octanol–water partition coefficient (Wildman–Crippen LogP) is 1.78. The summed E-state index contributed by atoms with van der Waals surface area (Å²) >= 11 is 0. The Bertz CT molecular complexity index is 1060. The van der Waals surface area contributed by atoms with Crippen LogP contribution in [0.1, 0.15) is 17.5 Å². The summed E-state index contributed by atoms with van der Waals surface area (Å²) in [5.41, 5.74) is 3.37. The van der Waals surface area contributed by atoms with E-state index in [0.29, 0.717) is 25.1 Å². The van der Waals surface area contributed by atoms with E-state index in [1.54, 1.807) is 17.0 Å². The molecule has 7 nitrogen and oxygen atoms in total. The Labute approximate surface area is 164 Å². The van der Waals surface area contributed by atoms with Gasteiger partial charge in [-0.2, -0.15) is 4.31 Å². The van der Waals surface area contributed by atoms with Crippen molar-refractivity contribution in [1.82, 2.24) is 4.31 Å². The summed E-state index contributed by atoms with van der Waals surface area (Å²) in [6.07, 6.45) is 1.60. The van der Waals surface area contributed by atoms with Crippen molar-refractivity contribution < 1.29 is 18.0 Å². The van der Waals surface area contributed by atoms with Crippen molar-refractivity contribution in [3.8, 4) is 0 Å². The Morgan fingerprint density at radius 1 is 1.11 bits per heavy atom. The summed E-state index contributed by atoms with van der Waals surface area (Å²) < 4.78 is 27.0. The van der Waals surface area contributed by atoms with Crippen LogP contribution in [-0.4, -0.2) is 44.7 Å². The van der Waals surface area contributed by atoms with E-state index in [0.717, 1.165) is 27.5 Å². The second-order valence-corrected chi connectivity index (χ2v) is 9.10. The van der Waals surface area contributed by atoms with Crippen LogP contribution in [0, 0.1) is 0 Å². The van der Waals surface area contributed by atoms with Gasteiger partial charge in [-0.05, 0) is 48.2 Å². The quantitative estimate of drug-likeness (QED) is 0.849. The lowest BCUT2D eigenvalue weighted by Gasteiger charge is -2.23. The number of carbonyl (C=O) groups is 2. The minimum atomic E-state index is -3.81. The number of rotatable bonds is 4. The topological polar surface area (TPSA) is 86.8 Å².